The molecule has 0 fully saturated rings. The zero-order valence-electron chi connectivity index (χ0n) is 10.2. The average Bonchev–Trinajstić information content (AvgIpc) is 2.43. The largest absolute Gasteiger partial charge is 0.478 e. The van der Waals surface area contributed by atoms with E-state index in [0.29, 0.717) is 4.47 Å². The van der Waals surface area contributed by atoms with Crippen molar-refractivity contribution in [1.82, 2.24) is 4.98 Å². The summed E-state index contributed by atoms with van der Waals surface area (Å²) in [6.07, 6.45) is 1.26. The molecule has 1 aromatic carbocycles. The van der Waals surface area contributed by atoms with Gasteiger partial charge in [0, 0.05) is 0 Å². The normalized spacial score (nSPS) is 11.1. The summed E-state index contributed by atoms with van der Waals surface area (Å²) in [5.41, 5.74) is 0.0836. The molecule has 0 radical (unpaired) electrons. The summed E-state index contributed by atoms with van der Waals surface area (Å²) in [7, 11) is -3.92. The zero-order chi connectivity index (χ0) is 15.6. The van der Waals surface area contributed by atoms with E-state index in [1.165, 1.54) is 30.5 Å². The van der Waals surface area contributed by atoms with Gasteiger partial charge in [-0.2, -0.15) is 0 Å². The standard InChI is InChI=1S/C12H8BrClN2O4S/c13-10-5-8(6-15-11(10)14)16-21(19,20)9-3-1-2-7(4-9)12(17)18/h1-6,16H,(H,17,18). The number of anilines is 1. The van der Waals surface area contributed by atoms with Crippen molar-refractivity contribution in [3.05, 3.63) is 51.7 Å². The molecule has 0 unspecified atom stereocenters. The Morgan fingerprint density at radius 1 is 1.33 bits per heavy atom. The Balaban J connectivity index is 2.36. The summed E-state index contributed by atoms with van der Waals surface area (Å²) in [5, 5.41) is 9.09. The quantitative estimate of drug-likeness (QED) is 0.781. The predicted molar refractivity (Wildman–Crippen MR) is 81.2 cm³/mol. The SMILES string of the molecule is O=C(O)c1cccc(S(=O)(=O)Nc2cnc(Cl)c(Br)c2)c1. The van der Waals surface area contributed by atoms with Gasteiger partial charge in [0.05, 0.1) is 26.8 Å². The second kappa shape index (κ2) is 6.00. The van der Waals surface area contributed by atoms with Crippen LogP contribution in [0, 0.1) is 0 Å². The molecular formula is C12H8BrClN2O4S. The topological polar surface area (TPSA) is 96.4 Å². The van der Waals surface area contributed by atoms with Gasteiger partial charge in [0.25, 0.3) is 10.0 Å². The lowest BCUT2D eigenvalue weighted by molar-refractivity contribution is 0.0696. The first-order chi connectivity index (χ1) is 9.79. The van der Waals surface area contributed by atoms with Crippen molar-refractivity contribution < 1.29 is 18.3 Å². The lowest BCUT2D eigenvalue weighted by Crippen LogP contribution is -2.14. The molecule has 0 aliphatic carbocycles. The van der Waals surface area contributed by atoms with E-state index in [1.807, 2.05) is 0 Å². The summed E-state index contributed by atoms with van der Waals surface area (Å²) < 4.78 is 27.1. The van der Waals surface area contributed by atoms with Crippen LogP contribution in [0.4, 0.5) is 5.69 Å². The van der Waals surface area contributed by atoms with Gasteiger partial charge in [0.1, 0.15) is 5.15 Å². The van der Waals surface area contributed by atoms with E-state index in [2.05, 4.69) is 25.6 Å². The van der Waals surface area contributed by atoms with Crippen molar-refractivity contribution in [3.63, 3.8) is 0 Å². The second-order valence-electron chi connectivity index (χ2n) is 3.94. The molecule has 2 rings (SSSR count). The van der Waals surface area contributed by atoms with Crippen molar-refractivity contribution in [2.75, 3.05) is 4.72 Å². The van der Waals surface area contributed by atoms with E-state index >= 15 is 0 Å². The maximum atomic E-state index is 12.2. The van der Waals surface area contributed by atoms with Crippen LogP contribution in [0.15, 0.2) is 45.9 Å². The number of benzene rings is 1. The molecule has 1 heterocycles. The number of carboxylic acids is 1. The number of sulfonamides is 1. The van der Waals surface area contributed by atoms with Crippen LogP contribution >= 0.6 is 27.5 Å². The Labute approximate surface area is 134 Å². The highest BCUT2D eigenvalue weighted by Crippen LogP contribution is 2.24. The van der Waals surface area contributed by atoms with Crippen molar-refractivity contribution in [2.45, 2.75) is 4.90 Å². The second-order valence-corrected chi connectivity index (χ2v) is 6.83. The Hall–Kier alpha value is -1.64. The van der Waals surface area contributed by atoms with E-state index in [9.17, 15) is 13.2 Å². The first-order valence-corrected chi connectivity index (χ1v) is 8.12. The Bertz CT molecular complexity index is 811. The smallest absolute Gasteiger partial charge is 0.335 e. The van der Waals surface area contributed by atoms with Gasteiger partial charge in [-0.1, -0.05) is 17.7 Å². The third-order valence-corrected chi connectivity index (χ3v) is 4.95. The van der Waals surface area contributed by atoms with Gasteiger partial charge in [-0.25, -0.2) is 18.2 Å². The van der Waals surface area contributed by atoms with Gasteiger partial charge in [-0.3, -0.25) is 4.72 Å². The molecular weight excluding hydrogens is 384 g/mol. The highest BCUT2D eigenvalue weighted by Gasteiger charge is 2.17. The molecule has 0 saturated carbocycles. The van der Waals surface area contributed by atoms with Gasteiger partial charge < -0.3 is 5.11 Å². The molecule has 2 aromatic rings. The Kier molecular flexibility index (Phi) is 4.50. The number of aromatic carboxylic acids is 1. The van der Waals surface area contributed by atoms with E-state index < -0.39 is 16.0 Å². The first kappa shape index (κ1) is 15.7. The predicted octanol–water partition coefficient (Wildman–Crippen LogP) is 3.00. The maximum absolute atomic E-state index is 12.2. The van der Waals surface area contributed by atoms with Crippen LogP contribution in [0.5, 0.6) is 0 Å². The van der Waals surface area contributed by atoms with E-state index in [-0.39, 0.29) is 21.3 Å². The molecule has 0 aliphatic rings. The fraction of sp³-hybridized carbons (Fsp3) is 0. The number of carboxylic acid groups (broad SMARTS) is 1. The highest BCUT2D eigenvalue weighted by atomic mass is 79.9. The molecule has 0 spiro atoms. The lowest BCUT2D eigenvalue weighted by atomic mass is 10.2. The fourth-order valence-corrected chi connectivity index (χ4v) is 3.02. The van der Waals surface area contributed by atoms with Gasteiger partial charge in [-0.15, -0.1) is 0 Å². The van der Waals surface area contributed by atoms with Crippen molar-refractivity contribution in [2.24, 2.45) is 0 Å². The molecule has 0 bridgehead atoms. The average molecular weight is 392 g/mol. The minimum absolute atomic E-state index is 0.117. The van der Waals surface area contributed by atoms with Crippen molar-refractivity contribution in [1.29, 1.82) is 0 Å². The van der Waals surface area contributed by atoms with Crippen molar-refractivity contribution >= 4 is 49.2 Å². The molecule has 0 saturated heterocycles. The number of nitrogens with one attached hydrogen (secondary N) is 1. The van der Waals surface area contributed by atoms with E-state index in [1.54, 1.807) is 0 Å². The fourth-order valence-electron chi connectivity index (χ4n) is 1.49. The third kappa shape index (κ3) is 3.72. The van der Waals surface area contributed by atoms with E-state index in [0.717, 1.165) is 6.07 Å². The van der Waals surface area contributed by atoms with Crippen LogP contribution in [0.25, 0.3) is 0 Å². The molecule has 6 nitrogen and oxygen atoms in total. The number of nitrogens with zero attached hydrogens (tertiary/aromatic N) is 1. The van der Waals surface area contributed by atoms with Crippen LogP contribution in [-0.2, 0) is 10.0 Å². The number of hydrogen-bond donors (Lipinski definition) is 2. The molecule has 0 atom stereocenters. The minimum atomic E-state index is -3.92. The van der Waals surface area contributed by atoms with Crippen molar-refractivity contribution in [3.8, 4) is 0 Å². The van der Waals surface area contributed by atoms with Gasteiger partial charge >= 0.3 is 5.97 Å². The third-order valence-electron chi connectivity index (χ3n) is 2.44. The number of hydrogen-bond acceptors (Lipinski definition) is 4. The summed E-state index contributed by atoms with van der Waals surface area (Å²) in [6.45, 7) is 0. The van der Waals surface area contributed by atoms with Crippen LogP contribution in [0.3, 0.4) is 0 Å². The maximum Gasteiger partial charge on any atom is 0.335 e. The molecule has 0 amide bonds. The number of pyridine rings is 1. The summed E-state index contributed by atoms with van der Waals surface area (Å²) >= 11 is 8.86. The monoisotopic (exact) mass is 390 g/mol. The highest BCUT2D eigenvalue weighted by molar-refractivity contribution is 9.10. The van der Waals surface area contributed by atoms with Crippen LogP contribution < -0.4 is 4.72 Å². The van der Waals surface area contributed by atoms with Gasteiger partial charge in [0.2, 0.25) is 0 Å². The van der Waals surface area contributed by atoms with E-state index in [4.69, 9.17) is 16.7 Å². The number of rotatable bonds is 4. The zero-order valence-corrected chi connectivity index (χ0v) is 13.4. The van der Waals surface area contributed by atoms with Gasteiger partial charge in [0.15, 0.2) is 0 Å². The Morgan fingerprint density at radius 3 is 2.67 bits per heavy atom. The summed E-state index contributed by atoms with van der Waals surface area (Å²) in [5.74, 6) is -1.21. The Morgan fingerprint density at radius 2 is 2.05 bits per heavy atom. The van der Waals surface area contributed by atoms with Gasteiger partial charge in [-0.05, 0) is 40.2 Å². The molecule has 21 heavy (non-hydrogen) atoms. The van der Waals surface area contributed by atoms with Crippen LogP contribution in [0.2, 0.25) is 5.15 Å². The number of halogens is 2. The summed E-state index contributed by atoms with van der Waals surface area (Å²) in [6, 6.07) is 6.49. The molecule has 110 valence electrons. The molecule has 1 aromatic heterocycles. The molecule has 0 aliphatic heterocycles. The lowest BCUT2D eigenvalue weighted by Gasteiger charge is -2.09. The first-order valence-electron chi connectivity index (χ1n) is 5.47. The summed E-state index contributed by atoms with van der Waals surface area (Å²) in [4.78, 5) is 14.5. The number of aromatic nitrogens is 1. The number of carbonyl (C=O) groups is 1. The molecule has 9 heteroatoms. The minimum Gasteiger partial charge on any atom is -0.478 e. The molecule has 2 N–H and O–H groups in total. The van der Waals surface area contributed by atoms with Crippen LogP contribution in [0.1, 0.15) is 10.4 Å². The van der Waals surface area contributed by atoms with Crippen LogP contribution in [-0.4, -0.2) is 24.5 Å².